The average Bonchev–Trinajstić information content (AvgIpc) is 2.40. The first-order valence-electron chi connectivity index (χ1n) is 6.88. The van der Waals surface area contributed by atoms with E-state index in [1.807, 2.05) is 13.8 Å². The lowest BCUT2D eigenvalue weighted by molar-refractivity contribution is -0.144. The van der Waals surface area contributed by atoms with Gasteiger partial charge < -0.3 is 10.4 Å². The molecule has 0 heterocycles. The second-order valence-electron chi connectivity index (χ2n) is 5.27. The third kappa shape index (κ3) is 5.28. The van der Waals surface area contributed by atoms with Crippen molar-refractivity contribution in [3.8, 4) is 0 Å². The van der Waals surface area contributed by atoms with Crippen LogP contribution in [0.15, 0.2) is 23.1 Å². The van der Waals surface area contributed by atoms with E-state index in [0.29, 0.717) is 13.0 Å². The molecule has 2 N–H and O–H groups in total. The predicted molar refractivity (Wildman–Crippen MR) is 80.6 cm³/mol. The van der Waals surface area contributed by atoms with E-state index in [4.69, 9.17) is 0 Å². The highest BCUT2D eigenvalue weighted by atomic mass is 32.2. The monoisotopic (exact) mass is 317 g/mol. The lowest BCUT2D eigenvalue weighted by Crippen LogP contribution is -2.51. The van der Waals surface area contributed by atoms with Gasteiger partial charge in [-0.25, -0.2) is 8.78 Å². The summed E-state index contributed by atoms with van der Waals surface area (Å²) in [5.74, 6) is -1.94. The van der Waals surface area contributed by atoms with E-state index in [2.05, 4.69) is 5.32 Å². The molecule has 0 bridgehead atoms. The van der Waals surface area contributed by atoms with Crippen LogP contribution in [0.3, 0.4) is 0 Å². The van der Waals surface area contributed by atoms with Crippen LogP contribution in [0.1, 0.15) is 33.6 Å². The highest BCUT2D eigenvalue weighted by Crippen LogP contribution is 2.31. The largest absolute Gasteiger partial charge is 0.480 e. The lowest BCUT2D eigenvalue weighted by Gasteiger charge is -2.29. The van der Waals surface area contributed by atoms with Gasteiger partial charge in [0.25, 0.3) is 0 Å². The summed E-state index contributed by atoms with van der Waals surface area (Å²) in [7, 11) is 0. The fraction of sp³-hybridized carbons (Fsp3) is 0.533. The zero-order valence-corrected chi connectivity index (χ0v) is 13.3. The number of carboxylic acid groups (broad SMARTS) is 1. The number of thioether (sulfide) groups is 1. The number of carbonyl (C=O) groups is 1. The molecule has 0 aliphatic heterocycles. The number of hydrogen-bond acceptors (Lipinski definition) is 3. The van der Waals surface area contributed by atoms with Crippen LogP contribution in [0.2, 0.25) is 0 Å². The van der Waals surface area contributed by atoms with E-state index in [9.17, 15) is 18.7 Å². The zero-order chi connectivity index (χ0) is 16.0. The van der Waals surface area contributed by atoms with Gasteiger partial charge in [0.2, 0.25) is 0 Å². The smallest absolute Gasteiger partial charge is 0.323 e. The Morgan fingerprint density at radius 1 is 1.48 bits per heavy atom. The van der Waals surface area contributed by atoms with Crippen molar-refractivity contribution in [2.45, 2.75) is 49.3 Å². The molecular weight excluding hydrogens is 296 g/mol. The van der Waals surface area contributed by atoms with Gasteiger partial charge in [0.15, 0.2) is 0 Å². The van der Waals surface area contributed by atoms with Crippen molar-refractivity contribution in [2.75, 3.05) is 6.54 Å². The second-order valence-corrected chi connectivity index (χ2v) is 6.75. The maximum absolute atomic E-state index is 13.6. The van der Waals surface area contributed by atoms with Crippen LogP contribution >= 0.6 is 11.8 Å². The fourth-order valence-corrected chi connectivity index (χ4v) is 3.25. The summed E-state index contributed by atoms with van der Waals surface area (Å²) >= 11 is 1.14. The van der Waals surface area contributed by atoms with E-state index in [1.54, 1.807) is 6.92 Å². The van der Waals surface area contributed by atoms with Gasteiger partial charge in [-0.15, -0.1) is 11.8 Å². The van der Waals surface area contributed by atoms with Crippen LogP contribution < -0.4 is 5.32 Å². The summed E-state index contributed by atoms with van der Waals surface area (Å²) in [5.41, 5.74) is -1.08. The molecule has 1 aromatic rings. The average molecular weight is 317 g/mol. The molecule has 0 amide bonds. The van der Waals surface area contributed by atoms with Crippen LogP contribution in [0.25, 0.3) is 0 Å². The Balaban J connectivity index is 2.76. The molecule has 1 aromatic carbocycles. The molecule has 2 unspecified atom stereocenters. The van der Waals surface area contributed by atoms with Gasteiger partial charge in [0.1, 0.15) is 17.2 Å². The van der Waals surface area contributed by atoms with Crippen LogP contribution in [0.5, 0.6) is 0 Å². The minimum atomic E-state index is -1.08. The molecule has 0 saturated heterocycles. The van der Waals surface area contributed by atoms with E-state index >= 15 is 0 Å². The Kier molecular flexibility index (Phi) is 6.61. The maximum Gasteiger partial charge on any atom is 0.323 e. The van der Waals surface area contributed by atoms with Gasteiger partial charge in [-0.05, 0) is 44.5 Å². The minimum Gasteiger partial charge on any atom is -0.480 e. The maximum atomic E-state index is 13.6. The van der Waals surface area contributed by atoms with E-state index < -0.39 is 23.1 Å². The van der Waals surface area contributed by atoms with E-state index in [-0.39, 0.29) is 10.1 Å². The Hall–Kier alpha value is -1.14. The second kappa shape index (κ2) is 7.75. The highest BCUT2D eigenvalue weighted by molar-refractivity contribution is 8.00. The number of carboxylic acids is 1. The first-order chi connectivity index (χ1) is 9.78. The number of benzene rings is 1. The van der Waals surface area contributed by atoms with Crippen LogP contribution in [-0.4, -0.2) is 28.4 Å². The first kappa shape index (κ1) is 17.9. The van der Waals surface area contributed by atoms with Gasteiger partial charge >= 0.3 is 5.97 Å². The van der Waals surface area contributed by atoms with Crippen molar-refractivity contribution in [2.24, 2.45) is 0 Å². The first-order valence-corrected chi connectivity index (χ1v) is 7.76. The molecule has 0 saturated carbocycles. The van der Waals surface area contributed by atoms with Crippen LogP contribution in [0.4, 0.5) is 8.78 Å². The molecule has 0 fully saturated rings. The van der Waals surface area contributed by atoms with Crippen molar-refractivity contribution in [1.82, 2.24) is 5.32 Å². The van der Waals surface area contributed by atoms with Crippen molar-refractivity contribution in [1.29, 1.82) is 0 Å². The van der Waals surface area contributed by atoms with Gasteiger partial charge in [-0.2, -0.15) is 0 Å². The number of hydrogen-bond donors (Lipinski definition) is 2. The predicted octanol–water partition coefficient (Wildman–Crippen LogP) is 3.68. The van der Waals surface area contributed by atoms with Crippen molar-refractivity contribution in [3.05, 3.63) is 29.8 Å². The van der Waals surface area contributed by atoms with Crippen LogP contribution in [-0.2, 0) is 4.79 Å². The number of nitrogens with one attached hydrogen (secondary N) is 1. The summed E-state index contributed by atoms with van der Waals surface area (Å²) in [6.07, 6.45) is 1.13. The quantitative estimate of drug-likeness (QED) is 0.718. The molecule has 3 nitrogen and oxygen atoms in total. The van der Waals surface area contributed by atoms with E-state index in [0.717, 1.165) is 36.4 Å². The molecule has 1 rings (SSSR count). The molecule has 2 atom stereocenters. The highest BCUT2D eigenvalue weighted by Gasteiger charge is 2.34. The summed E-state index contributed by atoms with van der Waals surface area (Å²) in [5, 5.41) is 12.2. The number of halogens is 2. The number of aliphatic carboxylic acids is 1. The van der Waals surface area contributed by atoms with Gasteiger partial charge in [-0.3, -0.25) is 4.79 Å². The molecule has 0 aliphatic carbocycles. The summed E-state index contributed by atoms with van der Waals surface area (Å²) in [4.78, 5) is 11.6. The molecule has 0 aromatic heterocycles. The molecule has 6 heteroatoms. The minimum absolute atomic E-state index is 0.174. The Bertz CT molecular complexity index is 499. The molecular formula is C15H21F2NO2S. The Labute approximate surface area is 128 Å². The summed E-state index contributed by atoms with van der Waals surface area (Å²) in [6, 6.07) is 3.28. The number of rotatable bonds is 8. The van der Waals surface area contributed by atoms with Gasteiger partial charge in [-0.1, -0.05) is 13.8 Å². The summed E-state index contributed by atoms with van der Waals surface area (Å²) in [6.45, 7) is 5.97. The summed E-state index contributed by atoms with van der Waals surface area (Å²) < 4.78 is 26.7. The van der Waals surface area contributed by atoms with Gasteiger partial charge in [0, 0.05) is 10.1 Å². The molecule has 0 spiro atoms. The van der Waals surface area contributed by atoms with Gasteiger partial charge in [0.05, 0.1) is 0 Å². The lowest BCUT2D eigenvalue weighted by atomic mass is 9.96. The van der Waals surface area contributed by atoms with Crippen molar-refractivity contribution >= 4 is 17.7 Å². The molecule has 0 aliphatic rings. The van der Waals surface area contributed by atoms with E-state index in [1.165, 1.54) is 0 Å². The SMILES string of the molecule is CCCNC(C)(CC(C)Sc1cc(F)ccc1F)C(=O)O. The third-order valence-corrected chi connectivity index (χ3v) is 4.29. The zero-order valence-electron chi connectivity index (χ0n) is 12.5. The normalized spacial score (nSPS) is 15.5. The fourth-order valence-electron chi connectivity index (χ4n) is 2.04. The van der Waals surface area contributed by atoms with Crippen molar-refractivity contribution in [3.63, 3.8) is 0 Å². The topological polar surface area (TPSA) is 49.3 Å². The third-order valence-electron chi connectivity index (χ3n) is 3.15. The van der Waals surface area contributed by atoms with Crippen LogP contribution in [0, 0.1) is 11.6 Å². The standard InChI is InChI=1S/C15H21F2NO2S/c1-4-7-18-15(3,14(19)20)9-10(2)21-13-8-11(16)5-6-12(13)17/h5-6,8,10,18H,4,7,9H2,1-3H3,(H,19,20). The Morgan fingerprint density at radius 3 is 2.71 bits per heavy atom. The van der Waals surface area contributed by atoms with Crippen molar-refractivity contribution < 1.29 is 18.7 Å². The molecule has 21 heavy (non-hydrogen) atoms. The molecule has 118 valence electrons. The Morgan fingerprint density at radius 2 is 2.14 bits per heavy atom. The molecule has 0 radical (unpaired) electrons.